The number of anilines is 1. The summed E-state index contributed by atoms with van der Waals surface area (Å²) in [4.78, 5) is 26.8. The summed E-state index contributed by atoms with van der Waals surface area (Å²) < 4.78 is 5.84. The molecule has 3 aromatic heterocycles. The van der Waals surface area contributed by atoms with E-state index >= 15 is 0 Å². The van der Waals surface area contributed by atoms with Crippen LogP contribution in [0.3, 0.4) is 0 Å². The van der Waals surface area contributed by atoms with E-state index in [1.807, 2.05) is 29.6 Å². The maximum atomic E-state index is 12.7. The average Bonchev–Trinajstić information content (AvgIpc) is 3.24. The molecule has 28 heavy (non-hydrogen) atoms. The van der Waals surface area contributed by atoms with Crippen molar-refractivity contribution in [3.63, 3.8) is 0 Å². The van der Waals surface area contributed by atoms with Gasteiger partial charge in [-0.05, 0) is 50.8 Å². The number of ether oxygens (including phenoxy) is 1. The van der Waals surface area contributed by atoms with Crippen molar-refractivity contribution >= 4 is 22.6 Å². The molecule has 1 amide bonds. The molecule has 144 valence electrons. The van der Waals surface area contributed by atoms with Gasteiger partial charge in [-0.25, -0.2) is 4.98 Å². The lowest BCUT2D eigenvalue weighted by atomic mass is 9.88. The Morgan fingerprint density at radius 2 is 2.07 bits per heavy atom. The Hall–Kier alpha value is -2.73. The summed E-state index contributed by atoms with van der Waals surface area (Å²) in [6, 6.07) is 6.20. The summed E-state index contributed by atoms with van der Waals surface area (Å²) in [7, 11) is 0. The van der Waals surface area contributed by atoms with E-state index in [0.717, 1.165) is 59.5 Å². The van der Waals surface area contributed by atoms with Crippen molar-refractivity contribution in [2.45, 2.75) is 38.7 Å². The Morgan fingerprint density at radius 1 is 1.25 bits per heavy atom. The highest BCUT2D eigenvalue weighted by molar-refractivity contribution is 6.01. The monoisotopic (exact) mass is 376 g/mol. The Labute approximate surface area is 163 Å². The molecule has 0 bridgehead atoms. The van der Waals surface area contributed by atoms with E-state index < -0.39 is 0 Å². The number of nitrogens with one attached hydrogen (secondary N) is 1. The van der Waals surface area contributed by atoms with Crippen LogP contribution in [0.1, 0.15) is 32.4 Å². The van der Waals surface area contributed by atoms with E-state index in [4.69, 9.17) is 4.74 Å². The summed E-state index contributed by atoms with van der Waals surface area (Å²) in [6.45, 7) is 5.75. The molecule has 0 spiro atoms. The molecule has 1 atom stereocenters. The maximum absolute atomic E-state index is 12.7. The normalized spacial score (nSPS) is 21.3. The van der Waals surface area contributed by atoms with E-state index in [0.29, 0.717) is 12.3 Å². The van der Waals surface area contributed by atoms with E-state index in [1.165, 1.54) is 0 Å². The fraction of sp³-hybridized carbons (Fsp3) is 0.409. The molecule has 1 saturated heterocycles. The predicted octanol–water partition coefficient (Wildman–Crippen LogP) is 3.72. The number of carbonyl (C=O) groups excluding carboxylic acids is 1. The minimum Gasteiger partial charge on any atom is -0.376 e. The molecular weight excluding hydrogens is 352 g/mol. The van der Waals surface area contributed by atoms with Gasteiger partial charge < -0.3 is 14.6 Å². The highest BCUT2D eigenvalue weighted by Crippen LogP contribution is 2.35. The summed E-state index contributed by atoms with van der Waals surface area (Å²) in [5.41, 5.74) is 4.57. The first-order valence-corrected chi connectivity index (χ1v) is 9.85. The summed E-state index contributed by atoms with van der Waals surface area (Å²) in [6.07, 6.45) is 7.93. The molecule has 1 fully saturated rings. The smallest absolute Gasteiger partial charge is 0.233 e. The summed E-state index contributed by atoms with van der Waals surface area (Å²) >= 11 is 0. The fourth-order valence-electron chi connectivity index (χ4n) is 4.45. The van der Waals surface area contributed by atoms with Gasteiger partial charge in [0.15, 0.2) is 0 Å². The highest BCUT2D eigenvalue weighted by Gasteiger charge is 2.35. The molecule has 2 aliphatic heterocycles. The zero-order valence-corrected chi connectivity index (χ0v) is 16.2. The number of nitrogens with zero attached hydrogens (tertiary/aromatic N) is 3. The highest BCUT2D eigenvalue weighted by atomic mass is 16.5. The van der Waals surface area contributed by atoms with Gasteiger partial charge in [-0.3, -0.25) is 9.78 Å². The van der Waals surface area contributed by atoms with Gasteiger partial charge in [-0.1, -0.05) is 0 Å². The van der Waals surface area contributed by atoms with E-state index in [2.05, 4.69) is 40.9 Å². The van der Waals surface area contributed by atoms with Crippen LogP contribution >= 0.6 is 0 Å². The van der Waals surface area contributed by atoms with Gasteiger partial charge in [-0.15, -0.1) is 0 Å². The Morgan fingerprint density at radius 3 is 2.93 bits per heavy atom. The molecule has 0 unspecified atom stereocenters. The number of aromatic amines is 1. The third kappa shape index (κ3) is 3.07. The number of rotatable bonds is 3. The number of carbonyl (C=O) groups is 1. The molecule has 0 aromatic carbocycles. The molecule has 5 rings (SSSR count). The Kier molecular flexibility index (Phi) is 3.98. The van der Waals surface area contributed by atoms with Crippen LogP contribution in [-0.2, 0) is 16.0 Å². The van der Waals surface area contributed by atoms with Gasteiger partial charge in [0, 0.05) is 48.3 Å². The molecule has 0 aliphatic carbocycles. The molecule has 2 aliphatic rings. The topological polar surface area (TPSA) is 71.1 Å². The van der Waals surface area contributed by atoms with Gasteiger partial charge >= 0.3 is 0 Å². The first-order valence-electron chi connectivity index (χ1n) is 9.85. The van der Waals surface area contributed by atoms with Crippen molar-refractivity contribution in [1.82, 2.24) is 15.0 Å². The predicted molar refractivity (Wildman–Crippen MR) is 108 cm³/mol. The molecule has 1 N–H and O–H groups in total. The zero-order chi connectivity index (χ0) is 19.3. The summed E-state index contributed by atoms with van der Waals surface area (Å²) in [5, 5.41) is 1.07. The van der Waals surface area contributed by atoms with Crippen LogP contribution in [0.25, 0.3) is 22.2 Å². The third-order valence-electron chi connectivity index (χ3n) is 5.83. The maximum Gasteiger partial charge on any atom is 0.233 e. The zero-order valence-electron chi connectivity index (χ0n) is 16.2. The number of amides is 1. The van der Waals surface area contributed by atoms with Gasteiger partial charge in [0.1, 0.15) is 5.65 Å². The second kappa shape index (κ2) is 6.41. The standard InChI is InChI=1S/C22H24N4O2/c1-22(2)10-14(4-6-28-22)13-26-19-8-17(11-24-18(19)9-20(26)27)16-7-15-3-5-23-21(15)25-12-16/h3,5,7-8,11-12,14H,4,6,9-10,13H2,1-2H3,(H,23,25)/t14-/m1/s1. The number of aromatic nitrogens is 3. The van der Waals surface area contributed by atoms with Gasteiger partial charge in [0.2, 0.25) is 5.91 Å². The molecule has 6 nitrogen and oxygen atoms in total. The quantitative estimate of drug-likeness (QED) is 0.756. The van der Waals surface area contributed by atoms with Crippen molar-refractivity contribution < 1.29 is 9.53 Å². The number of fused-ring (bicyclic) bond motifs is 2. The molecule has 0 saturated carbocycles. The second-order valence-corrected chi connectivity index (χ2v) is 8.48. The first-order chi connectivity index (χ1) is 13.5. The minimum absolute atomic E-state index is 0.119. The van der Waals surface area contributed by atoms with E-state index in [1.54, 1.807) is 0 Å². The second-order valence-electron chi connectivity index (χ2n) is 8.48. The van der Waals surface area contributed by atoms with Crippen molar-refractivity contribution in [1.29, 1.82) is 0 Å². The SMILES string of the molecule is CC1(C)C[C@H](CN2C(=O)Cc3ncc(-c4cnc5[nH]ccc5c4)cc32)CCO1. The molecule has 0 radical (unpaired) electrons. The van der Waals surface area contributed by atoms with Crippen LogP contribution < -0.4 is 4.90 Å². The number of hydrogen-bond acceptors (Lipinski definition) is 4. The van der Waals surface area contributed by atoms with Crippen LogP contribution in [0.15, 0.2) is 36.8 Å². The first kappa shape index (κ1) is 17.4. The van der Waals surface area contributed by atoms with E-state index in [-0.39, 0.29) is 11.5 Å². The van der Waals surface area contributed by atoms with Crippen LogP contribution in [0.4, 0.5) is 5.69 Å². The molecule has 3 aromatic rings. The minimum atomic E-state index is -0.119. The Bertz CT molecular complexity index is 1060. The third-order valence-corrected chi connectivity index (χ3v) is 5.83. The number of H-pyrrole nitrogens is 1. The largest absolute Gasteiger partial charge is 0.376 e. The van der Waals surface area contributed by atoms with Crippen molar-refractivity contribution in [3.05, 3.63) is 42.5 Å². The average molecular weight is 376 g/mol. The number of pyridine rings is 2. The van der Waals surface area contributed by atoms with Gasteiger partial charge in [-0.2, -0.15) is 0 Å². The van der Waals surface area contributed by atoms with E-state index in [9.17, 15) is 4.79 Å². The van der Waals surface area contributed by atoms with Crippen LogP contribution in [0.2, 0.25) is 0 Å². The Balaban J connectivity index is 1.45. The lowest BCUT2D eigenvalue weighted by Crippen LogP contribution is -2.40. The van der Waals surface area contributed by atoms with Gasteiger partial charge in [0.05, 0.1) is 23.4 Å². The van der Waals surface area contributed by atoms with Crippen LogP contribution in [0, 0.1) is 5.92 Å². The lowest BCUT2D eigenvalue weighted by molar-refractivity contribution is -0.118. The van der Waals surface area contributed by atoms with Crippen molar-refractivity contribution in [2.24, 2.45) is 5.92 Å². The van der Waals surface area contributed by atoms with Crippen molar-refractivity contribution in [2.75, 3.05) is 18.1 Å². The van der Waals surface area contributed by atoms with Gasteiger partial charge in [0.25, 0.3) is 0 Å². The molecule has 5 heterocycles. The lowest BCUT2D eigenvalue weighted by Gasteiger charge is -2.37. The summed E-state index contributed by atoms with van der Waals surface area (Å²) in [5.74, 6) is 0.586. The van der Waals surface area contributed by atoms with Crippen molar-refractivity contribution in [3.8, 4) is 11.1 Å². The van der Waals surface area contributed by atoms with Crippen LogP contribution in [-0.4, -0.2) is 39.6 Å². The van der Waals surface area contributed by atoms with Crippen LogP contribution in [0.5, 0.6) is 0 Å². The molecular formula is C22H24N4O2. The fourth-order valence-corrected chi connectivity index (χ4v) is 4.45. The number of hydrogen-bond donors (Lipinski definition) is 1. The molecule has 6 heteroatoms.